The number of aliphatic hydroxyl groups is 1. The Labute approximate surface area is 190 Å². The summed E-state index contributed by atoms with van der Waals surface area (Å²) < 4.78 is 0. The average molecular weight is 433 g/mol. The maximum Gasteiger partial charge on any atom is 0.312 e. The zero-order valence-electron chi connectivity index (χ0n) is 20.5. The average Bonchev–Trinajstić information content (AvgIpc) is 3.08. The zero-order chi connectivity index (χ0) is 22.4. The van der Waals surface area contributed by atoms with Gasteiger partial charge in [0, 0.05) is 6.54 Å². The number of nitrogens with one attached hydrogen (secondary N) is 1. The molecule has 4 N–H and O–H groups in total. The van der Waals surface area contributed by atoms with Crippen LogP contribution < -0.4 is 11.1 Å². The predicted octanol–water partition coefficient (Wildman–Crippen LogP) is 5.73. The number of urea groups is 1. The summed E-state index contributed by atoms with van der Waals surface area (Å²) in [5.41, 5.74) is 6.04. The van der Waals surface area contributed by atoms with Crippen molar-refractivity contribution in [1.29, 1.82) is 0 Å². The maximum atomic E-state index is 11.8. The number of primary amides is 1. The van der Waals surface area contributed by atoms with Crippen molar-refractivity contribution in [2.75, 3.05) is 6.54 Å². The van der Waals surface area contributed by atoms with Gasteiger partial charge in [-0.1, -0.05) is 47.0 Å². The molecular weight excluding hydrogens is 384 g/mol. The second-order valence-corrected chi connectivity index (χ2v) is 12.4. The quantitative estimate of drug-likeness (QED) is 0.469. The molecule has 0 aromatic rings. The van der Waals surface area contributed by atoms with E-state index >= 15 is 0 Å². The molecule has 4 rings (SSSR count). The highest BCUT2D eigenvalue weighted by Crippen LogP contribution is 2.69. The van der Waals surface area contributed by atoms with Crippen LogP contribution in [0.4, 0.5) is 4.79 Å². The third-order valence-electron chi connectivity index (χ3n) is 11.2. The standard InChI is InChI=1S/C27H48N2O2/c1-5-18-20-10-6-7-14-26(20,3)22-13-15-27(4)19(11-12-21(27)23(22)24(18)30)17(2)9-8-16-29-25(28)31/h17-24,30H,5-16H2,1-4H3,(H3,28,29,31)/t17-,18-,19-,20+,21+,22+,23+,24-,26+,27-/m1/s1. The summed E-state index contributed by atoms with van der Waals surface area (Å²) >= 11 is 0. The largest absolute Gasteiger partial charge is 0.393 e. The van der Waals surface area contributed by atoms with Gasteiger partial charge in [0.25, 0.3) is 0 Å². The molecule has 0 bridgehead atoms. The Morgan fingerprint density at radius 3 is 2.52 bits per heavy atom. The second-order valence-electron chi connectivity index (χ2n) is 12.4. The number of hydrogen-bond acceptors (Lipinski definition) is 2. The Morgan fingerprint density at radius 1 is 1.06 bits per heavy atom. The molecule has 0 unspecified atom stereocenters. The minimum atomic E-state index is -0.412. The van der Waals surface area contributed by atoms with Crippen molar-refractivity contribution >= 4 is 6.03 Å². The lowest BCUT2D eigenvalue weighted by molar-refractivity contribution is -0.194. The Bertz CT molecular complexity index is 653. The molecule has 4 aliphatic rings. The van der Waals surface area contributed by atoms with Crippen LogP contribution >= 0.6 is 0 Å². The van der Waals surface area contributed by atoms with Crippen molar-refractivity contribution in [3.05, 3.63) is 0 Å². The van der Waals surface area contributed by atoms with Crippen molar-refractivity contribution in [1.82, 2.24) is 5.32 Å². The monoisotopic (exact) mass is 432 g/mol. The van der Waals surface area contributed by atoms with Crippen LogP contribution in [0.25, 0.3) is 0 Å². The Balaban J connectivity index is 1.52. The highest BCUT2D eigenvalue weighted by atomic mass is 16.3. The minimum Gasteiger partial charge on any atom is -0.393 e. The van der Waals surface area contributed by atoms with E-state index in [0.29, 0.717) is 41.0 Å². The third kappa shape index (κ3) is 3.83. The topological polar surface area (TPSA) is 75.3 Å². The van der Waals surface area contributed by atoms with Crippen molar-refractivity contribution < 1.29 is 9.90 Å². The molecule has 4 aliphatic carbocycles. The summed E-state index contributed by atoms with van der Waals surface area (Å²) in [6, 6.07) is -0.412. The van der Waals surface area contributed by atoms with Gasteiger partial charge in [-0.25, -0.2) is 4.79 Å². The number of aliphatic hydroxyl groups excluding tert-OH is 1. The van der Waals surface area contributed by atoms with Gasteiger partial charge in [0.1, 0.15) is 0 Å². The predicted molar refractivity (Wildman–Crippen MR) is 126 cm³/mol. The van der Waals surface area contributed by atoms with Crippen LogP contribution in [0.3, 0.4) is 0 Å². The van der Waals surface area contributed by atoms with Crippen molar-refractivity contribution in [3.63, 3.8) is 0 Å². The van der Waals surface area contributed by atoms with Gasteiger partial charge in [0.2, 0.25) is 0 Å². The Morgan fingerprint density at radius 2 is 1.81 bits per heavy atom. The molecule has 178 valence electrons. The van der Waals surface area contributed by atoms with Gasteiger partial charge >= 0.3 is 6.03 Å². The summed E-state index contributed by atoms with van der Waals surface area (Å²) in [5.74, 6) is 4.58. The first-order valence-electron chi connectivity index (χ1n) is 13.5. The van der Waals surface area contributed by atoms with Crippen LogP contribution in [0, 0.1) is 52.3 Å². The summed E-state index contributed by atoms with van der Waals surface area (Å²) in [7, 11) is 0. The molecule has 4 saturated carbocycles. The van der Waals surface area contributed by atoms with E-state index in [-0.39, 0.29) is 6.10 Å². The SMILES string of the molecule is CC[C@H]1[C@@H](O)[C@@H]2[C@H](CC[C@]3(C)[C@@H]([C@H](C)CCCNC(N)=O)CC[C@@H]23)[C@@]2(C)CCCC[C@@H]12. The molecular formula is C27H48N2O2. The number of hydrogen-bond donors (Lipinski definition) is 3. The molecule has 31 heavy (non-hydrogen) atoms. The lowest BCUT2D eigenvalue weighted by Gasteiger charge is -2.64. The fourth-order valence-corrected chi connectivity index (χ4v) is 9.85. The molecule has 4 nitrogen and oxygen atoms in total. The zero-order valence-corrected chi connectivity index (χ0v) is 20.5. The van der Waals surface area contributed by atoms with Gasteiger partial charge in [-0.2, -0.15) is 0 Å². The highest BCUT2D eigenvalue weighted by Gasteiger charge is 2.64. The Kier molecular flexibility index (Phi) is 6.70. The first-order valence-corrected chi connectivity index (χ1v) is 13.5. The lowest BCUT2D eigenvalue weighted by Crippen LogP contribution is -2.61. The van der Waals surface area contributed by atoms with E-state index in [0.717, 1.165) is 37.0 Å². The van der Waals surface area contributed by atoms with Gasteiger partial charge in [0.15, 0.2) is 0 Å². The van der Waals surface area contributed by atoms with E-state index in [2.05, 4.69) is 33.0 Å². The number of carbonyl (C=O) groups is 1. The van der Waals surface area contributed by atoms with Crippen LogP contribution in [0.1, 0.15) is 98.3 Å². The van der Waals surface area contributed by atoms with Gasteiger partial charge in [-0.15, -0.1) is 0 Å². The van der Waals surface area contributed by atoms with E-state index in [1.165, 1.54) is 51.4 Å². The molecule has 10 atom stereocenters. The van der Waals surface area contributed by atoms with Crippen molar-refractivity contribution in [2.24, 2.45) is 58.0 Å². The van der Waals surface area contributed by atoms with Gasteiger partial charge < -0.3 is 16.2 Å². The number of fused-ring (bicyclic) bond motifs is 5. The number of rotatable bonds is 6. The van der Waals surface area contributed by atoms with E-state index in [4.69, 9.17) is 5.73 Å². The second kappa shape index (κ2) is 8.88. The molecule has 0 saturated heterocycles. The molecule has 0 aromatic heterocycles. The van der Waals surface area contributed by atoms with Crippen LogP contribution in [-0.2, 0) is 0 Å². The normalized spacial score (nSPS) is 47.7. The Hall–Kier alpha value is -0.770. The van der Waals surface area contributed by atoms with Gasteiger partial charge in [0.05, 0.1) is 6.10 Å². The molecule has 2 amide bonds. The van der Waals surface area contributed by atoms with E-state index in [1.54, 1.807) is 0 Å². The molecule has 0 radical (unpaired) electrons. The summed E-state index contributed by atoms with van der Waals surface area (Å²) in [6.07, 6.45) is 14.0. The first-order chi connectivity index (χ1) is 14.7. The highest BCUT2D eigenvalue weighted by molar-refractivity contribution is 5.71. The van der Waals surface area contributed by atoms with E-state index in [1.807, 2.05) is 0 Å². The first kappa shape index (κ1) is 23.4. The van der Waals surface area contributed by atoms with Crippen LogP contribution in [-0.4, -0.2) is 23.8 Å². The molecule has 0 aliphatic heterocycles. The van der Waals surface area contributed by atoms with E-state index < -0.39 is 6.03 Å². The molecule has 0 spiro atoms. The van der Waals surface area contributed by atoms with Crippen molar-refractivity contribution in [2.45, 2.75) is 104 Å². The van der Waals surface area contributed by atoms with Gasteiger partial charge in [-0.3, -0.25) is 0 Å². The van der Waals surface area contributed by atoms with Crippen LogP contribution in [0.2, 0.25) is 0 Å². The number of amides is 2. The van der Waals surface area contributed by atoms with Gasteiger partial charge in [-0.05, 0) is 104 Å². The molecule has 0 heterocycles. The smallest absolute Gasteiger partial charge is 0.312 e. The number of carbonyl (C=O) groups excluding carboxylic acids is 1. The molecule has 4 heteroatoms. The van der Waals surface area contributed by atoms with Crippen LogP contribution in [0.5, 0.6) is 0 Å². The maximum absolute atomic E-state index is 11.8. The van der Waals surface area contributed by atoms with Crippen LogP contribution in [0.15, 0.2) is 0 Å². The number of nitrogens with two attached hydrogens (primary N) is 1. The van der Waals surface area contributed by atoms with Crippen molar-refractivity contribution in [3.8, 4) is 0 Å². The lowest BCUT2D eigenvalue weighted by atomic mass is 9.41. The summed E-state index contributed by atoms with van der Waals surface area (Å²) in [4.78, 5) is 11.0. The summed E-state index contributed by atoms with van der Waals surface area (Å²) in [5, 5.41) is 14.5. The molecule has 0 aromatic carbocycles. The minimum absolute atomic E-state index is 0.0929. The molecule has 4 fully saturated rings. The fraction of sp³-hybridized carbons (Fsp3) is 0.963. The van der Waals surface area contributed by atoms with E-state index in [9.17, 15) is 9.90 Å². The fourth-order valence-electron chi connectivity index (χ4n) is 9.85. The third-order valence-corrected chi connectivity index (χ3v) is 11.2. The summed E-state index contributed by atoms with van der Waals surface area (Å²) in [6.45, 7) is 10.6.